The van der Waals surface area contributed by atoms with E-state index in [0.29, 0.717) is 13.1 Å². The molecule has 25 heavy (non-hydrogen) atoms. The van der Waals surface area contributed by atoms with Crippen LogP contribution in [0.2, 0.25) is 0 Å². The first kappa shape index (κ1) is 19.3. The van der Waals surface area contributed by atoms with Gasteiger partial charge in [0.1, 0.15) is 0 Å². The molecular weight excluding hydrogens is 314 g/mol. The second-order valence-electron chi connectivity index (χ2n) is 6.69. The Morgan fingerprint density at radius 2 is 1.72 bits per heavy atom. The Kier molecular flexibility index (Phi) is 7.29. The average Bonchev–Trinajstić information content (AvgIpc) is 3.14. The van der Waals surface area contributed by atoms with Crippen molar-refractivity contribution in [2.24, 2.45) is 5.92 Å². The average molecular weight is 345 g/mol. The van der Waals surface area contributed by atoms with E-state index in [1.165, 1.54) is 18.5 Å². The monoisotopic (exact) mass is 345 g/mol. The van der Waals surface area contributed by atoms with E-state index in [4.69, 9.17) is 0 Å². The first-order valence-electron chi connectivity index (χ1n) is 9.47. The molecule has 5 nitrogen and oxygen atoms in total. The summed E-state index contributed by atoms with van der Waals surface area (Å²) in [6.07, 6.45) is 4.18. The van der Waals surface area contributed by atoms with Gasteiger partial charge in [-0.1, -0.05) is 13.8 Å². The Hall–Kier alpha value is -2.04. The molecule has 0 bridgehead atoms. The van der Waals surface area contributed by atoms with Gasteiger partial charge in [-0.2, -0.15) is 0 Å². The number of nitrogens with zero attached hydrogens (tertiary/aromatic N) is 2. The maximum atomic E-state index is 12.1. The van der Waals surface area contributed by atoms with Gasteiger partial charge in [-0.05, 0) is 49.9 Å². The van der Waals surface area contributed by atoms with Gasteiger partial charge in [0.2, 0.25) is 11.8 Å². The van der Waals surface area contributed by atoms with Crippen molar-refractivity contribution >= 4 is 23.2 Å². The molecule has 2 rings (SSSR count). The van der Waals surface area contributed by atoms with Gasteiger partial charge >= 0.3 is 0 Å². The van der Waals surface area contributed by atoms with Crippen molar-refractivity contribution in [3.63, 3.8) is 0 Å². The van der Waals surface area contributed by atoms with Crippen molar-refractivity contribution in [2.75, 3.05) is 36.0 Å². The Bertz CT molecular complexity index is 561. The molecule has 1 N–H and O–H groups in total. The summed E-state index contributed by atoms with van der Waals surface area (Å²) < 4.78 is 0. The van der Waals surface area contributed by atoms with Crippen LogP contribution in [0.4, 0.5) is 11.4 Å². The van der Waals surface area contributed by atoms with Crippen LogP contribution in [0.1, 0.15) is 46.5 Å². The van der Waals surface area contributed by atoms with Crippen LogP contribution in [-0.4, -0.2) is 38.0 Å². The molecule has 2 amide bonds. The number of hydrogen-bond donors (Lipinski definition) is 1. The van der Waals surface area contributed by atoms with E-state index in [9.17, 15) is 9.59 Å². The van der Waals surface area contributed by atoms with E-state index in [1.54, 1.807) is 11.8 Å². The molecule has 1 aromatic carbocycles. The highest BCUT2D eigenvalue weighted by atomic mass is 16.2. The maximum Gasteiger partial charge on any atom is 0.223 e. The summed E-state index contributed by atoms with van der Waals surface area (Å²) in [4.78, 5) is 28.2. The van der Waals surface area contributed by atoms with E-state index in [1.807, 2.05) is 26.0 Å². The highest BCUT2D eigenvalue weighted by Crippen LogP contribution is 2.24. The zero-order valence-corrected chi connectivity index (χ0v) is 15.8. The SMILES string of the molecule is CCC(CC)C(=O)NCCN(C(C)=O)c1ccc(N2CCCC2)cc1. The minimum absolute atomic E-state index is 0.00861. The van der Waals surface area contributed by atoms with E-state index >= 15 is 0 Å². The summed E-state index contributed by atoms with van der Waals surface area (Å²) in [5.74, 6) is 0.133. The van der Waals surface area contributed by atoms with Crippen LogP contribution < -0.4 is 15.1 Å². The molecule has 1 fully saturated rings. The zero-order valence-electron chi connectivity index (χ0n) is 15.8. The fourth-order valence-electron chi connectivity index (χ4n) is 3.38. The van der Waals surface area contributed by atoms with Crippen molar-refractivity contribution in [2.45, 2.75) is 46.5 Å². The predicted octanol–water partition coefficient (Wildman–Crippen LogP) is 3.19. The highest BCUT2D eigenvalue weighted by molar-refractivity contribution is 5.91. The van der Waals surface area contributed by atoms with Crippen LogP contribution in [-0.2, 0) is 9.59 Å². The number of carbonyl (C=O) groups excluding carboxylic acids is 2. The van der Waals surface area contributed by atoms with Crippen LogP contribution in [0, 0.1) is 5.92 Å². The first-order chi connectivity index (χ1) is 12.1. The van der Waals surface area contributed by atoms with Crippen molar-refractivity contribution in [1.82, 2.24) is 5.32 Å². The highest BCUT2D eigenvalue weighted by Gasteiger charge is 2.17. The van der Waals surface area contributed by atoms with Crippen LogP contribution in [0.3, 0.4) is 0 Å². The molecular formula is C20H31N3O2. The number of rotatable bonds is 8. The predicted molar refractivity (Wildman–Crippen MR) is 103 cm³/mol. The third kappa shape index (κ3) is 5.21. The molecule has 1 aliphatic rings. The van der Waals surface area contributed by atoms with Gasteiger partial charge in [0.25, 0.3) is 0 Å². The molecule has 1 aromatic rings. The smallest absolute Gasteiger partial charge is 0.223 e. The first-order valence-corrected chi connectivity index (χ1v) is 9.47. The molecule has 5 heteroatoms. The zero-order chi connectivity index (χ0) is 18.2. The number of anilines is 2. The second-order valence-corrected chi connectivity index (χ2v) is 6.69. The van der Waals surface area contributed by atoms with Gasteiger partial charge < -0.3 is 15.1 Å². The Morgan fingerprint density at radius 1 is 1.12 bits per heavy atom. The molecule has 0 aliphatic carbocycles. The van der Waals surface area contributed by atoms with Gasteiger partial charge in [-0.15, -0.1) is 0 Å². The van der Waals surface area contributed by atoms with Gasteiger partial charge in [0.15, 0.2) is 0 Å². The summed E-state index contributed by atoms with van der Waals surface area (Å²) in [5, 5.41) is 2.95. The third-order valence-corrected chi connectivity index (χ3v) is 5.00. The van der Waals surface area contributed by atoms with Gasteiger partial charge in [-0.25, -0.2) is 0 Å². The molecule has 1 heterocycles. The van der Waals surface area contributed by atoms with E-state index in [2.05, 4.69) is 22.3 Å². The molecule has 138 valence electrons. The summed E-state index contributed by atoms with van der Waals surface area (Å²) in [6.45, 7) is 8.80. The van der Waals surface area contributed by atoms with E-state index in [-0.39, 0.29) is 17.7 Å². The Labute approximate surface area is 151 Å². The molecule has 0 saturated carbocycles. The maximum absolute atomic E-state index is 12.1. The summed E-state index contributed by atoms with van der Waals surface area (Å²) >= 11 is 0. The van der Waals surface area contributed by atoms with E-state index in [0.717, 1.165) is 31.6 Å². The molecule has 0 spiro atoms. The topological polar surface area (TPSA) is 52.7 Å². The quantitative estimate of drug-likeness (QED) is 0.787. The largest absolute Gasteiger partial charge is 0.372 e. The lowest BCUT2D eigenvalue weighted by Gasteiger charge is -2.24. The van der Waals surface area contributed by atoms with Gasteiger partial charge in [0.05, 0.1) is 0 Å². The van der Waals surface area contributed by atoms with E-state index < -0.39 is 0 Å². The second kappa shape index (κ2) is 9.44. The summed E-state index contributed by atoms with van der Waals surface area (Å²) in [6, 6.07) is 8.16. The lowest BCUT2D eigenvalue weighted by Crippen LogP contribution is -2.39. The summed E-state index contributed by atoms with van der Waals surface area (Å²) in [7, 11) is 0. The molecule has 1 aliphatic heterocycles. The molecule has 0 unspecified atom stereocenters. The van der Waals surface area contributed by atoms with Crippen molar-refractivity contribution in [3.05, 3.63) is 24.3 Å². The minimum atomic E-state index is -0.00861. The normalized spacial score (nSPS) is 14.0. The van der Waals surface area contributed by atoms with Crippen LogP contribution in [0.5, 0.6) is 0 Å². The number of nitrogens with one attached hydrogen (secondary N) is 1. The van der Waals surface area contributed by atoms with Gasteiger partial charge in [-0.3, -0.25) is 9.59 Å². The van der Waals surface area contributed by atoms with Crippen LogP contribution >= 0.6 is 0 Å². The molecule has 0 atom stereocenters. The number of benzene rings is 1. The van der Waals surface area contributed by atoms with Gasteiger partial charge in [0, 0.05) is 50.4 Å². The standard InChI is InChI=1S/C20H31N3O2/c1-4-17(5-2)20(25)21-12-15-23(16(3)24)19-10-8-18(9-11-19)22-13-6-7-14-22/h8-11,17H,4-7,12-15H2,1-3H3,(H,21,25). The number of amides is 2. The lowest BCUT2D eigenvalue weighted by molar-refractivity contribution is -0.125. The number of hydrogen-bond acceptors (Lipinski definition) is 3. The Balaban J connectivity index is 1.93. The number of carbonyl (C=O) groups is 2. The summed E-state index contributed by atoms with van der Waals surface area (Å²) in [5.41, 5.74) is 2.10. The lowest BCUT2D eigenvalue weighted by atomic mass is 10.0. The Morgan fingerprint density at radius 3 is 2.24 bits per heavy atom. The fraction of sp³-hybridized carbons (Fsp3) is 0.600. The third-order valence-electron chi connectivity index (χ3n) is 5.00. The minimum Gasteiger partial charge on any atom is -0.372 e. The molecule has 0 aromatic heterocycles. The van der Waals surface area contributed by atoms with Crippen molar-refractivity contribution < 1.29 is 9.59 Å². The fourth-order valence-corrected chi connectivity index (χ4v) is 3.38. The molecule has 0 radical (unpaired) electrons. The molecule has 1 saturated heterocycles. The van der Waals surface area contributed by atoms with Crippen LogP contribution in [0.15, 0.2) is 24.3 Å². The van der Waals surface area contributed by atoms with Crippen LogP contribution in [0.25, 0.3) is 0 Å². The van der Waals surface area contributed by atoms with Crippen molar-refractivity contribution in [3.8, 4) is 0 Å². The van der Waals surface area contributed by atoms with Crippen molar-refractivity contribution in [1.29, 1.82) is 0 Å².